The number of pyridine rings is 1. The predicted molar refractivity (Wildman–Crippen MR) is 121 cm³/mol. The average molecular weight is 435 g/mol. The van der Waals surface area contributed by atoms with Gasteiger partial charge in [0.25, 0.3) is 5.95 Å². The average Bonchev–Trinajstić information content (AvgIpc) is 3.50. The molecule has 0 unspecified atom stereocenters. The molecule has 10 nitrogen and oxygen atoms in total. The fourth-order valence-corrected chi connectivity index (χ4v) is 3.60. The number of morpholine rings is 1. The van der Waals surface area contributed by atoms with Gasteiger partial charge in [0.2, 0.25) is 0 Å². The third-order valence-corrected chi connectivity index (χ3v) is 5.07. The van der Waals surface area contributed by atoms with E-state index in [0.29, 0.717) is 44.4 Å². The topological polar surface area (TPSA) is 104 Å². The molecule has 0 atom stereocenters. The highest BCUT2D eigenvalue weighted by Gasteiger charge is 2.24. The molecule has 32 heavy (non-hydrogen) atoms. The van der Waals surface area contributed by atoms with Gasteiger partial charge in [-0.1, -0.05) is 13.8 Å². The quantitative estimate of drug-likeness (QED) is 0.442. The summed E-state index contributed by atoms with van der Waals surface area (Å²) < 4.78 is 9.09. The Morgan fingerprint density at radius 3 is 2.50 bits per heavy atom. The molecule has 5 heterocycles. The summed E-state index contributed by atoms with van der Waals surface area (Å²) in [5.74, 6) is 1.95. The standard InChI is InChI=1S/C20H20N8O2.C2H6/c1-2-27-17(15-3-5-21-6-4-15)23-16-18(26-7-9-30-10-8-26)24-20(25-19(16)27)28-12-14(13-29)11-22-28;1-2/h3-6,11-13H,2,7-10H2,1H3;1-2H3. The second kappa shape index (κ2) is 9.65. The van der Waals surface area contributed by atoms with E-state index in [4.69, 9.17) is 19.7 Å². The molecule has 0 saturated carbocycles. The van der Waals surface area contributed by atoms with Gasteiger partial charge in [-0.05, 0) is 19.1 Å². The van der Waals surface area contributed by atoms with Crippen molar-refractivity contribution in [2.75, 3.05) is 31.2 Å². The number of rotatable bonds is 5. The number of imidazole rings is 1. The van der Waals surface area contributed by atoms with Crippen molar-refractivity contribution in [2.45, 2.75) is 27.3 Å². The van der Waals surface area contributed by atoms with Crippen molar-refractivity contribution < 1.29 is 9.53 Å². The summed E-state index contributed by atoms with van der Waals surface area (Å²) in [5, 5.41) is 4.25. The molecule has 0 N–H and O–H groups in total. The molecule has 0 aromatic carbocycles. The molecule has 0 radical (unpaired) electrons. The fourth-order valence-electron chi connectivity index (χ4n) is 3.60. The third-order valence-electron chi connectivity index (χ3n) is 5.07. The Morgan fingerprint density at radius 1 is 1.09 bits per heavy atom. The number of fused-ring (bicyclic) bond motifs is 1. The van der Waals surface area contributed by atoms with Crippen LogP contribution >= 0.6 is 0 Å². The summed E-state index contributed by atoms with van der Waals surface area (Å²) in [6.07, 6.45) is 7.36. The van der Waals surface area contributed by atoms with E-state index in [1.807, 2.05) is 26.0 Å². The van der Waals surface area contributed by atoms with E-state index in [9.17, 15) is 4.79 Å². The monoisotopic (exact) mass is 434 g/mol. The summed E-state index contributed by atoms with van der Waals surface area (Å²) >= 11 is 0. The van der Waals surface area contributed by atoms with E-state index in [-0.39, 0.29) is 0 Å². The maximum absolute atomic E-state index is 11.1. The second-order valence-corrected chi connectivity index (χ2v) is 6.87. The molecule has 1 aliphatic rings. The lowest BCUT2D eigenvalue weighted by Crippen LogP contribution is -2.37. The van der Waals surface area contributed by atoms with Gasteiger partial charge in [-0.2, -0.15) is 15.1 Å². The fraction of sp³-hybridized carbons (Fsp3) is 0.364. The molecule has 4 aromatic heterocycles. The minimum atomic E-state index is 0.396. The molecule has 1 saturated heterocycles. The Bertz CT molecular complexity index is 1200. The molecule has 0 bridgehead atoms. The zero-order chi connectivity index (χ0) is 22.5. The molecule has 4 aromatic rings. The molecule has 10 heteroatoms. The zero-order valence-corrected chi connectivity index (χ0v) is 18.5. The smallest absolute Gasteiger partial charge is 0.254 e. The van der Waals surface area contributed by atoms with Gasteiger partial charge in [-0.3, -0.25) is 9.78 Å². The summed E-state index contributed by atoms with van der Waals surface area (Å²) in [6, 6.07) is 3.86. The molecule has 166 valence electrons. The Hall–Kier alpha value is -3.66. The van der Waals surface area contributed by atoms with Crippen molar-refractivity contribution in [1.82, 2.24) is 34.3 Å². The van der Waals surface area contributed by atoms with Crippen LogP contribution in [0.2, 0.25) is 0 Å². The van der Waals surface area contributed by atoms with Crippen LogP contribution in [-0.4, -0.2) is 66.9 Å². The SMILES string of the molecule is CC.CCn1c(-c2ccncc2)nc2c(N3CCOCC3)nc(-n3cc(C=O)cn3)nc21. The Morgan fingerprint density at radius 2 is 1.84 bits per heavy atom. The summed E-state index contributed by atoms with van der Waals surface area (Å²) in [4.78, 5) is 31.8. The van der Waals surface area contributed by atoms with Crippen LogP contribution < -0.4 is 4.90 Å². The van der Waals surface area contributed by atoms with Crippen LogP contribution in [0.25, 0.3) is 28.5 Å². The van der Waals surface area contributed by atoms with Gasteiger partial charge in [0, 0.05) is 43.8 Å². The molecule has 5 rings (SSSR count). The van der Waals surface area contributed by atoms with Crippen molar-refractivity contribution >= 4 is 23.3 Å². The highest BCUT2D eigenvalue weighted by molar-refractivity contribution is 5.88. The van der Waals surface area contributed by atoms with Gasteiger partial charge >= 0.3 is 0 Å². The number of carbonyl (C=O) groups is 1. The van der Waals surface area contributed by atoms with E-state index >= 15 is 0 Å². The number of hydrogen-bond donors (Lipinski definition) is 0. The first kappa shape index (κ1) is 21.6. The Labute approximate surface area is 185 Å². The summed E-state index contributed by atoms with van der Waals surface area (Å²) in [5.41, 5.74) is 2.88. The first-order valence-corrected chi connectivity index (χ1v) is 10.8. The van der Waals surface area contributed by atoms with Gasteiger partial charge in [0.05, 0.1) is 25.0 Å². The lowest BCUT2D eigenvalue weighted by Gasteiger charge is -2.28. The van der Waals surface area contributed by atoms with Crippen molar-refractivity contribution in [3.05, 3.63) is 42.5 Å². The molecule has 1 aliphatic heterocycles. The Kier molecular flexibility index (Phi) is 6.50. The van der Waals surface area contributed by atoms with Crippen molar-refractivity contribution in [2.24, 2.45) is 0 Å². The molecule has 0 spiro atoms. The maximum Gasteiger partial charge on any atom is 0.254 e. The minimum Gasteiger partial charge on any atom is -0.378 e. The van der Waals surface area contributed by atoms with E-state index in [2.05, 4.69) is 26.5 Å². The van der Waals surface area contributed by atoms with E-state index in [1.165, 1.54) is 10.9 Å². The van der Waals surface area contributed by atoms with E-state index in [0.717, 1.165) is 34.7 Å². The van der Waals surface area contributed by atoms with Crippen LogP contribution in [0, 0.1) is 0 Å². The zero-order valence-electron chi connectivity index (χ0n) is 18.5. The number of anilines is 1. The molecule has 1 fully saturated rings. The van der Waals surface area contributed by atoms with Crippen LogP contribution in [0.5, 0.6) is 0 Å². The van der Waals surface area contributed by atoms with Gasteiger partial charge in [-0.25, -0.2) is 9.67 Å². The minimum absolute atomic E-state index is 0.396. The maximum atomic E-state index is 11.1. The Balaban J connectivity index is 0.00000119. The molecular weight excluding hydrogens is 408 g/mol. The van der Waals surface area contributed by atoms with Crippen LogP contribution in [0.3, 0.4) is 0 Å². The summed E-state index contributed by atoms with van der Waals surface area (Å²) in [7, 11) is 0. The van der Waals surface area contributed by atoms with E-state index in [1.54, 1.807) is 18.6 Å². The molecule has 0 amide bonds. The lowest BCUT2D eigenvalue weighted by molar-refractivity contribution is 0.112. The highest BCUT2D eigenvalue weighted by Crippen LogP contribution is 2.30. The van der Waals surface area contributed by atoms with Gasteiger partial charge in [0.15, 0.2) is 23.3 Å². The van der Waals surface area contributed by atoms with Gasteiger partial charge in [-0.15, -0.1) is 0 Å². The number of nitrogens with zero attached hydrogens (tertiary/aromatic N) is 8. The lowest BCUT2D eigenvalue weighted by atomic mass is 10.2. The normalized spacial score (nSPS) is 13.7. The van der Waals surface area contributed by atoms with Crippen LogP contribution in [-0.2, 0) is 11.3 Å². The molecule has 0 aliphatic carbocycles. The molecular formula is C22H26N8O2. The van der Waals surface area contributed by atoms with Crippen molar-refractivity contribution in [3.8, 4) is 17.3 Å². The number of carbonyl (C=O) groups excluding carboxylic acids is 1. The van der Waals surface area contributed by atoms with Gasteiger partial charge in [0.1, 0.15) is 5.82 Å². The predicted octanol–water partition coefficient (Wildman–Crippen LogP) is 2.77. The van der Waals surface area contributed by atoms with E-state index < -0.39 is 0 Å². The number of ether oxygens (including phenoxy) is 1. The number of aromatic nitrogens is 7. The highest BCUT2D eigenvalue weighted by atomic mass is 16.5. The first-order chi connectivity index (χ1) is 15.8. The number of aryl methyl sites for hydroxylation is 1. The largest absolute Gasteiger partial charge is 0.378 e. The van der Waals surface area contributed by atoms with Gasteiger partial charge < -0.3 is 14.2 Å². The number of hydrogen-bond acceptors (Lipinski definition) is 8. The number of aldehydes is 1. The van der Waals surface area contributed by atoms with Crippen LogP contribution in [0.15, 0.2) is 36.9 Å². The van der Waals surface area contributed by atoms with Crippen LogP contribution in [0.4, 0.5) is 5.82 Å². The second-order valence-electron chi connectivity index (χ2n) is 6.87. The van der Waals surface area contributed by atoms with Crippen LogP contribution in [0.1, 0.15) is 31.1 Å². The van der Waals surface area contributed by atoms with Crippen molar-refractivity contribution in [1.29, 1.82) is 0 Å². The van der Waals surface area contributed by atoms with Crippen molar-refractivity contribution in [3.63, 3.8) is 0 Å². The third kappa shape index (κ3) is 3.96. The summed E-state index contributed by atoms with van der Waals surface area (Å²) in [6.45, 7) is 9.43. The first-order valence-electron chi connectivity index (χ1n) is 10.8.